The average Bonchev–Trinajstić information content (AvgIpc) is 2.54. The Bertz CT molecular complexity index is 459. The molecule has 1 aromatic carbocycles. The molecule has 2 aromatic rings. The largest absolute Gasteiger partial charge is 0.396 e. The molecule has 1 heterocycles. The number of hydrogen-bond donors (Lipinski definition) is 2. The molecule has 0 aliphatic carbocycles. The van der Waals surface area contributed by atoms with Gasteiger partial charge in [-0.15, -0.1) is 0 Å². The van der Waals surface area contributed by atoms with E-state index in [1.54, 1.807) is 0 Å². The third-order valence-electron chi connectivity index (χ3n) is 3.00. The molecule has 2 N–H and O–H groups in total. The van der Waals surface area contributed by atoms with Gasteiger partial charge in [-0.3, -0.25) is 0 Å². The van der Waals surface area contributed by atoms with Crippen LogP contribution in [-0.2, 0) is 0 Å². The third-order valence-corrected chi connectivity index (χ3v) is 3.00. The van der Waals surface area contributed by atoms with Gasteiger partial charge in [0, 0.05) is 23.2 Å². The number of hydrogen-bond acceptors (Lipinski definition) is 1. The SMILES string of the molecule is Cc1[nH]c2ccccc2c1C(C)CCO. The first-order valence-electron chi connectivity index (χ1n) is 5.42. The van der Waals surface area contributed by atoms with E-state index in [-0.39, 0.29) is 6.61 Å². The molecule has 1 aromatic heterocycles. The van der Waals surface area contributed by atoms with Gasteiger partial charge in [0.1, 0.15) is 0 Å². The van der Waals surface area contributed by atoms with Crippen LogP contribution in [0.2, 0.25) is 0 Å². The predicted octanol–water partition coefficient (Wildman–Crippen LogP) is 2.96. The second kappa shape index (κ2) is 4.07. The van der Waals surface area contributed by atoms with Crippen molar-refractivity contribution in [2.75, 3.05) is 6.61 Å². The normalized spacial score (nSPS) is 13.3. The number of fused-ring (bicyclic) bond motifs is 1. The summed E-state index contributed by atoms with van der Waals surface area (Å²) in [6.45, 7) is 4.52. The van der Waals surface area contributed by atoms with Crippen LogP contribution in [0.5, 0.6) is 0 Å². The Morgan fingerprint density at radius 1 is 1.33 bits per heavy atom. The van der Waals surface area contributed by atoms with Gasteiger partial charge in [-0.25, -0.2) is 0 Å². The number of aromatic nitrogens is 1. The van der Waals surface area contributed by atoms with Gasteiger partial charge >= 0.3 is 0 Å². The minimum Gasteiger partial charge on any atom is -0.396 e. The fraction of sp³-hybridized carbons (Fsp3) is 0.385. The van der Waals surface area contributed by atoms with Crippen molar-refractivity contribution in [2.24, 2.45) is 0 Å². The molecule has 1 unspecified atom stereocenters. The van der Waals surface area contributed by atoms with Crippen LogP contribution in [0, 0.1) is 6.92 Å². The molecular weight excluding hydrogens is 186 g/mol. The lowest BCUT2D eigenvalue weighted by Crippen LogP contribution is -1.97. The quantitative estimate of drug-likeness (QED) is 0.790. The minimum atomic E-state index is 0.250. The van der Waals surface area contributed by atoms with Crippen LogP contribution >= 0.6 is 0 Å². The number of nitrogens with one attached hydrogen (secondary N) is 1. The molecule has 0 spiro atoms. The second-order valence-corrected chi connectivity index (χ2v) is 4.12. The number of para-hydroxylation sites is 1. The summed E-state index contributed by atoms with van der Waals surface area (Å²) in [4.78, 5) is 3.38. The molecular formula is C13H17NO. The Hall–Kier alpha value is -1.28. The highest BCUT2D eigenvalue weighted by Gasteiger charge is 2.13. The van der Waals surface area contributed by atoms with Crippen molar-refractivity contribution in [1.82, 2.24) is 4.98 Å². The molecule has 0 saturated heterocycles. The molecule has 2 nitrogen and oxygen atoms in total. The zero-order valence-corrected chi connectivity index (χ0v) is 9.25. The molecule has 0 bridgehead atoms. The molecule has 2 heteroatoms. The van der Waals surface area contributed by atoms with E-state index < -0.39 is 0 Å². The molecule has 0 aliphatic rings. The molecule has 0 amide bonds. The lowest BCUT2D eigenvalue weighted by Gasteiger charge is -2.10. The summed E-state index contributed by atoms with van der Waals surface area (Å²) in [6, 6.07) is 8.34. The molecule has 0 aliphatic heterocycles. The third kappa shape index (κ3) is 1.77. The fourth-order valence-electron chi connectivity index (χ4n) is 2.27. The van der Waals surface area contributed by atoms with Gasteiger partial charge in [-0.2, -0.15) is 0 Å². The highest BCUT2D eigenvalue weighted by Crippen LogP contribution is 2.30. The van der Waals surface area contributed by atoms with Crippen molar-refractivity contribution >= 4 is 10.9 Å². The highest BCUT2D eigenvalue weighted by molar-refractivity contribution is 5.85. The topological polar surface area (TPSA) is 36.0 Å². The molecule has 0 saturated carbocycles. The number of H-pyrrole nitrogens is 1. The summed E-state index contributed by atoms with van der Waals surface area (Å²) in [5.41, 5.74) is 3.76. The maximum absolute atomic E-state index is 8.99. The number of aryl methyl sites for hydroxylation is 1. The fourth-order valence-corrected chi connectivity index (χ4v) is 2.27. The standard InChI is InChI=1S/C13H17NO/c1-9(7-8-15)13-10(2)14-12-6-4-3-5-11(12)13/h3-6,9,14-15H,7-8H2,1-2H3. The van der Waals surface area contributed by atoms with Crippen molar-refractivity contribution < 1.29 is 5.11 Å². The number of benzene rings is 1. The van der Waals surface area contributed by atoms with Crippen molar-refractivity contribution in [3.63, 3.8) is 0 Å². The zero-order chi connectivity index (χ0) is 10.8. The minimum absolute atomic E-state index is 0.250. The van der Waals surface area contributed by atoms with Crippen LogP contribution in [0.4, 0.5) is 0 Å². The Balaban J connectivity index is 2.53. The molecule has 0 fully saturated rings. The summed E-state index contributed by atoms with van der Waals surface area (Å²) < 4.78 is 0. The maximum Gasteiger partial charge on any atom is 0.0458 e. The van der Waals surface area contributed by atoms with Gasteiger partial charge in [0.2, 0.25) is 0 Å². The van der Waals surface area contributed by atoms with E-state index in [4.69, 9.17) is 5.11 Å². The van der Waals surface area contributed by atoms with Gasteiger partial charge in [0.05, 0.1) is 0 Å². The van der Waals surface area contributed by atoms with Crippen LogP contribution in [0.3, 0.4) is 0 Å². The monoisotopic (exact) mass is 203 g/mol. The summed E-state index contributed by atoms with van der Waals surface area (Å²) in [5.74, 6) is 0.408. The van der Waals surface area contributed by atoms with Crippen LogP contribution in [-0.4, -0.2) is 16.7 Å². The Kier molecular flexibility index (Phi) is 2.78. The zero-order valence-electron chi connectivity index (χ0n) is 9.25. The number of aliphatic hydroxyl groups excluding tert-OH is 1. The number of aromatic amines is 1. The summed E-state index contributed by atoms with van der Waals surface area (Å²) in [5, 5.41) is 10.3. The predicted molar refractivity (Wildman–Crippen MR) is 63.2 cm³/mol. The molecule has 1 atom stereocenters. The molecule has 0 radical (unpaired) electrons. The smallest absolute Gasteiger partial charge is 0.0458 e. The second-order valence-electron chi connectivity index (χ2n) is 4.12. The van der Waals surface area contributed by atoms with E-state index in [2.05, 4.69) is 37.0 Å². The summed E-state index contributed by atoms with van der Waals surface area (Å²) >= 11 is 0. The summed E-state index contributed by atoms with van der Waals surface area (Å²) in [6.07, 6.45) is 0.822. The first-order valence-corrected chi connectivity index (χ1v) is 5.42. The number of rotatable bonds is 3. The Morgan fingerprint density at radius 2 is 2.07 bits per heavy atom. The maximum atomic E-state index is 8.99. The van der Waals surface area contributed by atoms with E-state index in [1.165, 1.54) is 22.2 Å². The van der Waals surface area contributed by atoms with Crippen molar-refractivity contribution in [3.8, 4) is 0 Å². The van der Waals surface area contributed by atoms with E-state index in [9.17, 15) is 0 Å². The van der Waals surface area contributed by atoms with Crippen molar-refractivity contribution in [2.45, 2.75) is 26.2 Å². The van der Waals surface area contributed by atoms with Gasteiger partial charge in [-0.1, -0.05) is 25.1 Å². The Morgan fingerprint density at radius 3 is 2.80 bits per heavy atom. The first-order chi connectivity index (χ1) is 7.24. The van der Waals surface area contributed by atoms with Crippen molar-refractivity contribution in [3.05, 3.63) is 35.5 Å². The van der Waals surface area contributed by atoms with E-state index in [0.29, 0.717) is 5.92 Å². The van der Waals surface area contributed by atoms with Gasteiger partial charge in [0.25, 0.3) is 0 Å². The first kappa shape index (κ1) is 10.2. The van der Waals surface area contributed by atoms with Crippen LogP contribution in [0.25, 0.3) is 10.9 Å². The van der Waals surface area contributed by atoms with Gasteiger partial charge in [-0.05, 0) is 30.9 Å². The number of aliphatic hydroxyl groups is 1. The molecule has 2 rings (SSSR count). The van der Waals surface area contributed by atoms with Crippen LogP contribution in [0.15, 0.2) is 24.3 Å². The van der Waals surface area contributed by atoms with E-state index in [0.717, 1.165) is 6.42 Å². The molecule has 15 heavy (non-hydrogen) atoms. The summed E-state index contributed by atoms with van der Waals surface area (Å²) in [7, 11) is 0. The average molecular weight is 203 g/mol. The van der Waals surface area contributed by atoms with Gasteiger partial charge in [0.15, 0.2) is 0 Å². The van der Waals surface area contributed by atoms with Crippen molar-refractivity contribution in [1.29, 1.82) is 0 Å². The van der Waals surface area contributed by atoms with E-state index >= 15 is 0 Å². The van der Waals surface area contributed by atoms with Crippen LogP contribution < -0.4 is 0 Å². The van der Waals surface area contributed by atoms with E-state index in [1.807, 2.05) is 6.07 Å². The lowest BCUT2D eigenvalue weighted by atomic mass is 9.95. The Labute approximate surface area is 89.9 Å². The highest BCUT2D eigenvalue weighted by atomic mass is 16.3. The van der Waals surface area contributed by atoms with Gasteiger partial charge < -0.3 is 10.1 Å². The molecule has 80 valence electrons. The lowest BCUT2D eigenvalue weighted by molar-refractivity contribution is 0.279. The van der Waals surface area contributed by atoms with Crippen LogP contribution in [0.1, 0.15) is 30.5 Å².